The number of carbonyl (C=O) groups excluding carboxylic acids is 1. The van der Waals surface area contributed by atoms with Gasteiger partial charge in [-0.15, -0.1) is 16.8 Å². The molecule has 9 nitrogen and oxygen atoms in total. The second kappa shape index (κ2) is 11.5. The summed E-state index contributed by atoms with van der Waals surface area (Å²) in [4.78, 5) is 22.3. The quantitative estimate of drug-likeness (QED) is 0.357. The van der Waals surface area contributed by atoms with Crippen molar-refractivity contribution >= 4 is 49.2 Å². The molecule has 192 valence electrons. The number of nitrogens with zero attached hydrogens (tertiary/aromatic N) is 3. The summed E-state index contributed by atoms with van der Waals surface area (Å²) in [6.07, 6.45) is 1.36. The van der Waals surface area contributed by atoms with Crippen LogP contribution in [0.5, 0.6) is 5.75 Å². The number of rotatable bonds is 9. The Labute approximate surface area is 221 Å². The van der Waals surface area contributed by atoms with Crippen LogP contribution in [0, 0.1) is 5.82 Å². The number of sulfonamides is 1. The molecule has 1 aliphatic rings. The van der Waals surface area contributed by atoms with Crippen molar-refractivity contribution < 1.29 is 27.2 Å². The van der Waals surface area contributed by atoms with Gasteiger partial charge in [0.25, 0.3) is 10.0 Å². The predicted molar refractivity (Wildman–Crippen MR) is 137 cm³/mol. The first-order valence-electron chi connectivity index (χ1n) is 11.0. The van der Waals surface area contributed by atoms with Gasteiger partial charge < -0.3 is 14.5 Å². The number of amides is 1. The van der Waals surface area contributed by atoms with E-state index in [1.54, 1.807) is 41.7 Å². The van der Waals surface area contributed by atoms with Gasteiger partial charge in [-0.05, 0) is 48.2 Å². The zero-order chi connectivity index (χ0) is 25.7. The van der Waals surface area contributed by atoms with Crippen LogP contribution in [0.25, 0.3) is 0 Å². The number of likely N-dealkylation sites (tertiary alicyclic amines) is 1. The molecular weight excluding hydrogens is 575 g/mol. The molecule has 0 saturated carbocycles. The third-order valence-electron chi connectivity index (χ3n) is 5.62. The Morgan fingerprint density at radius 1 is 1.25 bits per heavy atom. The molecular formula is C23H24BrFN4O5S2. The summed E-state index contributed by atoms with van der Waals surface area (Å²) in [6, 6.07) is 9.21. The Morgan fingerprint density at radius 3 is 2.61 bits per heavy atom. The molecule has 1 saturated heterocycles. The number of methoxy groups -OCH3 is 1. The van der Waals surface area contributed by atoms with Crippen LogP contribution in [0.3, 0.4) is 0 Å². The monoisotopic (exact) mass is 598 g/mol. The van der Waals surface area contributed by atoms with E-state index < -0.39 is 26.8 Å². The molecule has 1 N–H and O–H groups in total. The summed E-state index contributed by atoms with van der Waals surface area (Å²) in [5.41, 5.74) is 5.09. The van der Waals surface area contributed by atoms with Gasteiger partial charge in [-0.25, -0.2) is 26.9 Å². The molecule has 3 aromatic rings. The lowest BCUT2D eigenvalue weighted by atomic mass is 10.2. The third kappa shape index (κ3) is 5.97. The number of hydroxylamine groups is 1. The Bertz CT molecular complexity index is 1300. The summed E-state index contributed by atoms with van der Waals surface area (Å²) in [7, 11) is -2.78. The highest BCUT2D eigenvalue weighted by Gasteiger charge is 2.30. The maximum Gasteiger partial charge on any atom is 0.428 e. The number of halogens is 2. The topological polar surface area (TPSA) is 101 Å². The number of aromatic nitrogens is 1. The molecule has 1 aliphatic heterocycles. The normalized spacial score (nSPS) is 13.6. The maximum absolute atomic E-state index is 15.2. The van der Waals surface area contributed by atoms with E-state index in [0.717, 1.165) is 23.2 Å². The van der Waals surface area contributed by atoms with Gasteiger partial charge in [0.2, 0.25) is 0 Å². The largest absolute Gasteiger partial charge is 0.497 e. The minimum Gasteiger partial charge on any atom is -0.497 e. The van der Waals surface area contributed by atoms with Crippen LogP contribution in [-0.2, 0) is 28.0 Å². The van der Waals surface area contributed by atoms with Crippen molar-refractivity contribution in [2.24, 2.45) is 0 Å². The van der Waals surface area contributed by atoms with Crippen molar-refractivity contribution in [3.8, 4) is 5.75 Å². The van der Waals surface area contributed by atoms with E-state index >= 15 is 4.39 Å². The molecule has 1 aromatic heterocycles. The maximum atomic E-state index is 15.2. The molecule has 0 unspecified atom stereocenters. The predicted octanol–water partition coefficient (Wildman–Crippen LogP) is 4.69. The number of carbonyl (C=O) groups is 1. The average molecular weight is 600 g/mol. The van der Waals surface area contributed by atoms with Crippen molar-refractivity contribution in [2.45, 2.75) is 30.8 Å². The lowest BCUT2D eigenvalue weighted by Gasteiger charge is -2.23. The number of anilines is 1. The fraction of sp³-hybridized carbons (Fsp3) is 0.304. The van der Waals surface area contributed by atoms with Crippen molar-refractivity contribution in [2.75, 3.05) is 24.5 Å². The van der Waals surface area contributed by atoms with E-state index in [4.69, 9.17) is 9.57 Å². The molecule has 2 aromatic carbocycles. The van der Waals surface area contributed by atoms with Crippen LogP contribution in [-0.4, -0.2) is 44.6 Å². The van der Waals surface area contributed by atoms with E-state index in [1.165, 1.54) is 22.9 Å². The first kappa shape index (κ1) is 26.3. The lowest BCUT2D eigenvalue weighted by Crippen LogP contribution is -2.33. The molecule has 0 bridgehead atoms. The van der Waals surface area contributed by atoms with E-state index in [2.05, 4.69) is 26.4 Å². The van der Waals surface area contributed by atoms with E-state index in [9.17, 15) is 13.2 Å². The SMILES string of the molecule is COc1ccc(CN(c2cscn2)S(=O)(=O)c2cc(Br)c(CNOC(=O)N3CCCC3)cc2F)cc1. The van der Waals surface area contributed by atoms with Crippen molar-refractivity contribution in [1.82, 2.24) is 15.4 Å². The number of ether oxygens (including phenoxy) is 1. The minimum atomic E-state index is -4.32. The van der Waals surface area contributed by atoms with Crippen LogP contribution < -0.4 is 14.5 Å². The third-order valence-corrected chi connectivity index (χ3v) is 8.69. The lowest BCUT2D eigenvalue weighted by molar-refractivity contribution is 0.0580. The smallest absolute Gasteiger partial charge is 0.428 e. The second-order valence-electron chi connectivity index (χ2n) is 7.96. The van der Waals surface area contributed by atoms with Crippen LogP contribution in [0.2, 0.25) is 0 Å². The van der Waals surface area contributed by atoms with Gasteiger partial charge in [-0.1, -0.05) is 28.1 Å². The molecule has 0 radical (unpaired) electrons. The molecule has 1 fully saturated rings. The van der Waals surface area contributed by atoms with Gasteiger partial charge in [0.05, 0.1) is 25.7 Å². The van der Waals surface area contributed by atoms with Crippen LogP contribution in [0.15, 0.2) is 56.7 Å². The van der Waals surface area contributed by atoms with Crippen molar-refractivity contribution in [1.29, 1.82) is 0 Å². The van der Waals surface area contributed by atoms with Crippen LogP contribution in [0.4, 0.5) is 15.0 Å². The number of hydrogen-bond donors (Lipinski definition) is 1. The van der Waals surface area contributed by atoms with Gasteiger partial charge in [-0.2, -0.15) is 0 Å². The second-order valence-corrected chi connectivity index (χ2v) is 11.4. The van der Waals surface area contributed by atoms with Gasteiger partial charge >= 0.3 is 6.09 Å². The molecule has 1 amide bonds. The molecule has 4 rings (SSSR count). The number of thiazole rings is 1. The summed E-state index contributed by atoms with van der Waals surface area (Å²) < 4.78 is 49.0. The van der Waals surface area contributed by atoms with Crippen molar-refractivity contribution in [3.05, 3.63) is 68.7 Å². The fourth-order valence-corrected chi connectivity index (χ4v) is 6.39. The van der Waals surface area contributed by atoms with Gasteiger partial charge in [0.15, 0.2) is 5.82 Å². The molecule has 0 aliphatic carbocycles. The zero-order valence-electron chi connectivity index (χ0n) is 19.3. The highest BCUT2D eigenvalue weighted by Crippen LogP contribution is 2.31. The standard InChI is InChI=1S/C23H24BrFN4O5S2/c1-33-18-6-4-16(5-7-18)13-29(22-14-35-15-26-22)36(31,32)21-11-19(24)17(10-20(21)25)12-27-34-23(30)28-8-2-3-9-28/h4-7,10-11,14-15,27H,2-3,8-9,12-13H2,1H3. The number of nitrogens with one attached hydrogen (secondary N) is 1. The molecule has 0 atom stereocenters. The number of hydrogen-bond acceptors (Lipinski definition) is 8. The average Bonchev–Trinajstić information content (AvgIpc) is 3.59. The summed E-state index contributed by atoms with van der Waals surface area (Å²) in [5.74, 6) is -0.117. The Hall–Kier alpha value is -2.74. The highest BCUT2D eigenvalue weighted by atomic mass is 79.9. The Kier molecular flexibility index (Phi) is 8.44. The molecule has 36 heavy (non-hydrogen) atoms. The first-order valence-corrected chi connectivity index (χ1v) is 14.2. The highest BCUT2D eigenvalue weighted by molar-refractivity contribution is 9.10. The van der Waals surface area contributed by atoms with Crippen molar-refractivity contribution in [3.63, 3.8) is 0 Å². The van der Waals surface area contributed by atoms with Gasteiger partial charge in [0, 0.05) is 22.9 Å². The molecule has 0 spiro atoms. The van der Waals surface area contributed by atoms with Gasteiger partial charge in [0.1, 0.15) is 16.5 Å². The Balaban J connectivity index is 1.54. The molecule has 13 heteroatoms. The van der Waals surface area contributed by atoms with Crippen LogP contribution in [0.1, 0.15) is 24.0 Å². The fourth-order valence-electron chi connectivity index (χ4n) is 3.68. The number of benzene rings is 2. The summed E-state index contributed by atoms with van der Waals surface area (Å²) in [6.45, 7) is 1.21. The van der Waals surface area contributed by atoms with E-state index in [1.807, 2.05) is 0 Å². The first-order chi connectivity index (χ1) is 17.3. The van der Waals surface area contributed by atoms with E-state index in [0.29, 0.717) is 34.4 Å². The zero-order valence-corrected chi connectivity index (χ0v) is 22.5. The minimum absolute atomic E-state index is 0.0148. The van der Waals surface area contributed by atoms with E-state index in [-0.39, 0.29) is 18.9 Å². The summed E-state index contributed by atoms with van der Waals surface area (Å²) >= 11 is 4.55. The Morgan fingerprint density at radius 2 is 1.97 bits per heavy atom. The summed E-state index contributed by atoms with van der Waals surface area (Å²) in [5, 5.41) is 1.58. The molecule has 2 heterocycles. The van der Waals surface area contributed by atoms with Gasteiger partial charge in [-0.3, -0.25) is 0 Å². The van der Waals surface area contributed by atoms with Crippen LogP contribution >= 0.6 is 27.3 Å².